The third-order valence-electron chi connectivity index (χ3n) is 4.24. The lowest BCUT2D eigenvalue weighted by Gasteiger charge is -2.20. The third-order valence-corrected chi connectivity index (χ3v) is 4.24. The van der Waals surface area contributed by atoms with E-state index in [-0.39, 0.29) is 0 Å². The largest absolute Gasteiger partial charge is 0.372 e. The Morgan fingerprint density at radius 3 is 2.12 bits per heavy atom. The third kappa shape index (κ3) is 3.06. The van der Waals surface area contributed by atoms with Crippen molar-refractivity contribution >= 4 is 28.1 Å². The molecule has 3 rings (SSSR count). The average molecular weight is 355 g/mol. The number of benzene rings is 2. The van der Waals surface area contributed by atoms with E-state index < -0.39 is 21.2 Å². The van der Waals surface area contributed by atoms with Crippen molar-refractivity contribution < 1.29 is 9.85 Å². The zero-order chi connectivity index (χ0) is 18.8. The van der Waals surface area contributed by atoms with Crippen LogP contribution in [0.15, 0.2) is 36.4 Å². The van der Waals surface area contributed by atoms with E-state index in [4.69, 9.17) is 0 Å². The number of nitrogens with zero attached hydrogens (tertiary/aromatic N) is 4. The van der Waals surface area contributed by atoms with E-state index in [1.807, 2.05) is 24.3 Å². The smallest absolute Gasteiger partial charge is 0.348 e. The van der Waals surface area contributed by atoms with Crippen LogP contribution in [0.5, 0.6) is 0 Å². The summed E-state index contributed by atoms with van der Waals surface area (Å²) in [5.74, 6) is 0.501. The number of aromatic amines is 1. The first kappa shape index (κ1) is 17.3. The fraction of sp³-hybridized carbons (Fsp3) is 0.235. The SMILES string of the molecule is CCN(CC)c1ccc(-c2nc3cc([N+](=O)[O-])c([N+](=O)[O-])cc3[nH]2)cc1. The molecule has 0 bridgehead atoms. The van der Waals surface area contributed by atoms with Gasteiger partial charge in [0.25, 0.3) is 0 Å². The first-order valence-electron chi connectivity index (χ1n) is 8.12. The molecule has 1 aromatic heterocycles. The number of nitro benzene ring substituents is 2. The quantitative estimate of drug-likeness (QED) is 0.529. The van der Waals surface area contributed by atoms with Gasteiger partial charge in [0.2, 0.25) is 0 Å². The average Bonchev–Trinajstić information content (AvgIpc) is 3.05. The van der Waals surface area contributed by atoms with Crippen molar-refractivity contribution in [2.75, 3.05) is 18.0 Å². The summed E-state index contributed by atoms with van der Waals surface area (Å²) in [6.07, 6.45) is 0. The molecule has 0 fully saturated rings. The van der Waals surface area contributed by atoms with Gasteiger partial charge in [0.1, 0.15) is 5.82 Å². The molecule has 9 nitrogen and oxygen atoms in total. The number of rotatable bonds is 6. The predicted molar refractivity (Wildman–Crippen MR) is 98.4 cm³/mol. The van der Waals surface area contributed by atoms with Gasteiger partial charge in [-0.1, -0.05) is 0 Å². The molecule has 0 aliphatic rings. The van der Waals surface area contributed by atoms with E-state index in [0.29, 0.717) is 16.9 Å². The first-order chi connectivity index (χ1) is 12.4. The Balaban J connectivity index is 2.04. The minimum atomic E-state index is -0.773. The number of fused-ring (bicyclic) bond motifs is 1. The van der Waals surface area contributed by atoms with E-state index in [2.05, 4.69) is 28.7 Å². The minimum Gasteiger partial charge on any atom is -0.372 e. The van der Waals surface area contributed by atoms with Crippen LogP contribution in [0, 0.1) is 20.2 Å². The number of hydrogen-bond donors (Lipinski definition) is 1. The monoisotopic (exact) mass is 355 g/mol. The summed E-state index contributed by atoms with van der Waals surface area (Å²) in [5, 5.41) is 22.1. The van der Waals surface area contributed by atoms with Gasteiger partial charge >= 0.3 is 11.4 Å². The van der Waals surface area contributed by atoms with Crippen molar-refractivity contribution in [2.24, 2.45) is 0 Å². The maximum atomic E-state index is 11.1. The van der Waals surface area contributed by atoms with Gasteiger partial charge in [0, 0.05) is 30.4 Å². The Kier molecular flexibility index (Phi) is 4.53. The molecule has 0 spiro atoms. The van der Waals surface area contributed by atoms with Crippen molar-refractivity contribution in [3.05, 3.63) is 56.6 Å². The van der Waals surface area contributed by atoms with Gasteiger partial charge in [-0.2, -0.15) is 0 Å². The van der Waals surface area contributed by atoms with Gasteiger partial charge in [-0.15, -0.1) is 0 Å². The van der Waals surface area contributed by atoms with Crippen LogP contribution in [-0.2, 0) is 0 Å². The highest BCUT2D eigenvalue weighted by atomic mass is 16.6. The molecule has 0 aliphatic heterocycles. The Morgan fingerprint density at radius 2 is 1.58 bits per heavy atom. The second-order valence-electron chi connectivity index (χ2n) is 5.68. The lowest BCUT2D eigenvalue weighted by molar-refractivity contribution is -0.422. The number of nitrogens with one attached hydrogen (secondary N) is 1. The molecular weight excluding hydrogens is 338 g/mol. The van der Waals surface area contributed by atoms with Crippen molar-refractivity contribution in [2.45, 2.75) is 13.8 Å². The molecular formula is C17H17N5O4. The van der Waals surface area contributed by atoms with Crippen LogP contribution in [0.4, 0.5) is 17.1 Å². The fourth-order valence-corrected chi connectivity index (χ4v) is 2.88. The summed E-state index contributed by atoms with van der Waals surface area (Å²) < 4.78 is 0. The minimum absolute atomic E-state index is 0.310. The van der Waals surface area contributed by atoms with Crippen LogP contribution in [0.25, 0.3) is 22.4 Å². The van der Waals surface area contributed by atoms with E-state index in [9.17, 15) is 20.2 Å². The molecule has 0 saturated carbocycles. The normalized spacial score (nSPS) is 10.8. The number of anilines is 1. The molecule has 0 radical (unpaired) electrons. The van der Waals surface area contributed by atoms with Crippen LogP contribution >= 0.6 is 0 Å². The molecule has 0 atom stereocenters. The zero-order valence-corrected chi connectivity index (χ0v) is 14.3. The summed E-state index contributed by atoms with van der Waals surface area (Å²) in [5.41, 5.74) is 1.44. The highest BCUT2D eigenvalue weighted by Gasteiger charge is 2.26. The summed E-state index contributed by atoms with van der Waals surface area (Å²) in [4.78, 5) is 30.1. The standard InChI is InChI=1S/C17H17N5O4/c1-3-20(4-2)12-7-5-11(6-8-12)17-18-13-9-15(21(23)24)16(22(25)26)10-14(13)19-17/h5-10H,3-4H2,1-2H3,(H,18,19). The van der Waals surface area contributed by atoms with Crippen LogP contribution in [0.2, 0.25) is 0 Å². The highest BCUT2D eigenvalue weighted by molar-refractivity contribution is 5.85. The zero-order valence-electron chi connectivity index (χ0n) is 14.3. The molecule has 1 N–H and O–H groups in total. The summed E-state index contributed by atoms with van der Waals surface area (Å²) in [6.45, 7) is 5.95. The molecule has 26 heavy (non-hydrogen) atoms. The number of imidazole rings is 1. The second kappa shape index (κ2) is 6.79. The Hall–Kier alpha value is -3.49. The van der Waals surface area contributed by atoms with Gasteiger partial charge in [-0.3, -0.25) is 20.2 Å². The predicted octanol–water partition coefficient (Wildman–Crippen LogP) is 3.89. The van der Waals surface area contributed by atoms with Gasteiger partial charge in [-0.05, 0) is 38.1 Å². The molecule has 0 unspecified atom stereocenters. The lowest BCUT2D eigenvalue weighted by atomic mass is 10.2. The number of aromatic nitrogens is 2. The van der Waals surface area contributed by atoms with Crippen LogP contribution < -0.4 is 4.90 Å². The topological polar surface area (TPSA) is 118 Å². The molecule has 0 saturated heterocycles. The Bertz CT molecular complexity index is 926. The number of nitro groups is 2. The summed E-state index contributed by atoms with van der Waals surface area (Å²) in [6, 6.07) is 10.0. The van der Waals surface area contributed by atoms with E-state index >= 15 is 0 Å². The fourth-order valence-electron chi connectivity index (χ4n) is 2.88. The number of H-pyrrole nitrogens is 1. The maximum absolute atomic E-state index is 11.1. The Morgan fingerprint density at radius 1 is 1.00 bits per heavy atom. The summed E-state index contributed by atoms with van der Waals surface area (Å²) in [7, 11) is 0. The molecule has 0 amide bonds. The molecule has 9 heteroatoms. The maximum Gasteiger partial charge on any atom is 0.348 e. The van der Waals surface area contributed by atoms with Gasteiger partial charge in [0.05, 0.1) is 26.9 Å². The van der Waals surface area contributed by atoms with E-state index in [0.717, 1.165) is 36.5 Å². The van der Waals surface area contributed by atoms with Crippen LogP contribution in [0.1, 0.15) is 13.8 Å². The highest BCUT2D eigenvalue weighted by Crippen LogP contribution is 2.32. The van der Waals surface area contributed by atoms with E-state index in [1.54, 1.807) is 0 Å². The first-order valence-corrected chi connectivity index (χ1v) is 8.12. The van der Waals surface area contributed by atoms with Crippen molar-refractivity contribution in [1.82, 2.24) is 9.97 Å². The van der Waals surface area contributed by atoms with Crippen LogP contribution in [0.3, 0.4) is 0 Å². The van der Waals surface area contributed by atoms with Gasteiger partial charge in [-0.25, -0.2) is 4.98 Å². The number of hydrogen-bond acceptors (Lipinski definition) is 6. The summed E-state index contributed by atoms with van der Waals surface area (Å²) >= 11 is 0. The molecule has 134 valence electrons. The van der Waals surface area contributed by atoms with Crippen LogP contribution in [-0.4, -0.2) is 32.9 Å². The molecule has 3 aromatic rings. The molecule has 1 heterocycles. The van der Waals surface area contributed by atoms with Crippen molar-refractivity contribution in [1.29, 1.82) is 0 Å². The van der Waals surface area contributed by atoms with Gasteiger partial charge in [0.15, 0.2) is 0 Å². The van der Waals surface area contributed by atoms with Crippen molar-refractivity contribution in [3.8, 4) is 11.4 Å². The van der Waals surface area contributed by atoms with Gasteiger partial charge < -0.3 is 9.88 Å². The Labute approximate surface area is 148 Å². The lowest BCUT2D eigenvalue weighted by Crippen LogP contribution is -2.21. The molecule has 0 aliphatic carbocycles. The van der Waals surface area contributed by atoms with Crippen molar-refractivity contribution in [3.63, 3.8) is 0 Å². The van der Waals surface area contributed by atoms with E-state index in [1.165, 1.54) is 0 Å². The molecule has 2 aromatic carbocycles. The second-order valence-corrected chi connectivity index (χ2v) is 5.68.